The maximum absolute atomic E-state index is 6.76. The number of hydrogen-bond donors (Lipinski definition) is 1. The molecule has 3 aliphatic heterocycles. The number of anilines is 1. The van der Waals surface area contributed by atoms with Crippen LogP contribution in [-0.2, 0) is 37.6 Å². The molecule has 0 aliphatic carbocycles. The minimum Gasteiger partial charge on any atom is -0.490 e. The van der Waals surface area contributed by atoms with Gasteiger partial charge in [0.05, 0.1) is 38.2 Å². The summed E-state index contributed by atoms with van der Waals surface area (Å²) in [6.07, 6.45) is 2.68. The van der Waals surface area contributed by atoms with Crippen LogP contribution in [0, 0.1) is 0 Å². The molecule has 8 nitrogen and oxygen atoms in total. The van der Waals surface area contributed by atoms with Gasteiger partial charge in [-0.15, -0.1) is 0 Å². The van der Waals surface area contributed by atoms with Crippen molar-refractivity contribution >= 4 is 5.69 Å². The maximum Gasteiger partial charge on any atom is 0.144 e. The number of ether oxygens (including phenoxy) is 6. The first-order valence-electron chi connectivity index (χ1n) is 14.5. The Balaban J connectivity index is 1.33. The third-order valence-corrected chi connectivity index (χ3v) is 7.90. The van der Waals surface area contributed by atoms with E-state index in [1.54, 1.807) is 7.11 Å². The van der Waals surface area contributed by atoms with Crippen LogP contribution in [0.4, 0.5) is 5.69 Å². The molecular weight excluding hydrogens is 496 g/mol. The maximum atomic E-state index is 6.76. The predicted molar refractivity (Wildman–Crippen MR) is 151 cm³/mol. The normalized spacial score (nSPS) is 23.2. The van der Waals surface area contributed by atoms with Crippen molar-refractivity contribution in [1.82, 2.24) is 5.32 Å². The van der Waals surface area contributed by atoms with Crippen LogP contribution in [0.1, 0.15) is 43.4 Å². The number of hydrogen-bond acceptors (Lipinski definition) is 8. The summed E-state index contributed by atoms with van der Waals surface area (Å²) in [5.41, 5.74) is 4.37. The fraction of sp³-hybridized carbons (Fsp3) is 0.613. The van der Waals surface area contributed by atoms with Crippen LogP contribution in [0.15, 0.2) is 36.4 Å². The molecule has 0 bridgehead atoms. The predicted octanol–water partition coefficient (Wildman–Crippen LogP) is 4.07. The first-order chi connectivity index (χ1) is 19.1. The molecule has 214 valence electrons. The lowest BCUT2D eigenvalue weighted by Crippen LogP contribution is -2.57. The van der Waals surface area contributed by atoms with Gasteiger partial charge in [0.15, 0.2) is 0 Å². The van der Waals surface area contributed by atoms with Gasteiger partial charge in [0.2, 0.25) is 0 Å². The van der Waals surface area contributed by atoms with Crippen LogP contribution < -0.4 is 19.7 Å². The molecule has 39 heavy (non-hydrogen) atoms. The van der Waals surface area contributed by atoms with Crippen molar-refractivity contribution in [2.45, 2.75) is 57.5 Å². The van der Waals surface area contributed by atoms with Crippen molar-refractivity contribution in [2.24, 2.45) is 0 Å². The first kappa shape index (κ1) is 28.2. The molecule has 0 amide bonds. The minimum atomic E-state index is -0.480. The Morgan fingerprint density at radius 1 is 1.18 bits per heavy atom. The van der Waals surface area contributed by atoms with Crippen LogP contribution in [0.3, 0.4) is 0 Å². The number of benzene rings is 2. The summed E-state index contributed by atoms with van der Waals surface area (Å²) in [6.45, 7) is 11.5. The highest BCUT2D eigenvalue weighted by Crippen LogP contribution is 2.43. The van der Waals surface area contributed by atoms with Gasteiger partial charge in [-0.05, 0) is 68.5 Å². The number of methoxy groups -OCH3 is 1. The Morgan fingerprint density at radius 2 is 2.10 bits per heavy atom. The molecule has 0 saturated carbocycles. The van der Waals surface area contributed by atoms with Gasteiger partial charge in [-0.2, -0.15) is 0 Å². The summed E-state index contributed by atoms with van der Waals surface area (Å²) >= 11 is 0. The quantitative estimate of drug-likeness (QED) is 0.404. The van der Waals surface area contributed by atoms with Gasteiger partial charge in [0, 0.05) is 39.5 Å². The smallest absolute Gasteiger partial charge is 0.144 e. The van der Waals surface area contributed by atoms with E-state index in [4.69, 9.17) is 28.4 Å². The number of rotatable bonds is 12. The number of nitrogens with one attached hydrogen (secondary N) is 1. The van der Waals surface area contributed by atoms with Crippen molar-refractivity contribution in [2.75, 3.05) is 71.2 Å². The highest BCUT2D eigenvalue weighted by molar-refractivity contribution is 5.63. The monoisotopic (exact) mass is 540 g/mol. The first-order valence-corrected chi connectivity index (χ1v) is 14.5. The summed E-state index contributed by atoms with van der Waals surface area (Å²) < 4.78 is 36.1. The van der Waals surface area contributed by atoms with Crippen LogP contribution in [0.5, 0.6) is 11.5 Å². The zero-order valence-corrected chi connectivity index (χ0v) is 23.7. The van der Waals surface area contributed by atoms with Gasteiger partial charge in [0.1, 0.15) is 29.8 Å². The molecule has 1 saturated heterocycles. The van der Waals surface area contributed by atoms with E-state index in [9.17, 15) is 0 Å². The third kappa shape index (κ3) is 6.52. The van der Waals surface area contributed by atoms with E-state index in [0.717, 1.165) is 69.2 Å². The van der Waals surface area contributed by atoms with Crippen molar-refractivity contribution in [3.05, 3.63) is 53.1 Å². The molecule has 3 atom stereocenters. The Labute approximate surface area is 232 Å². The molecule has 5 rings (SSSR count). The van der Waals surface area contributed by atoms with E-state index in [2.05, 4.69) is 34.5 Å². The molecule has 1 spiro atoms. The molecule has 8 heteroatoms. The average molecular weight is 541 g/mol. The topological polar surface area (TPSA) is 70.7 Å². The van der Waals surface area contributed by atoms with Gasteiger partial charge in [-0.25, -0.2) is 0 Å². The largest absolute Gasteiger partial charge is 0.490 e. The Morgan fingerprint density at radius 3 is 2.97 bits per heavy atom. The Hall–Kier alpha value is -2.36. The highest BCUT2D eigenvalue weighted by atomic mass is 16.6. The van der Waals surface area contributed by atoms with Crippen LogP contribution in [0.2, 0.25) is 0 Å². The fourth-order valence-electron chi connectivity index (χ4n) is 6.02. The lowest BCUT2D eigenvalue weighted by molar-refractivity contribution is -0.142. The molecule has 3 heterocycles. The second-order valence-corrected chi connectivity index (χ2v) is 10.6. The molecule has 0 aromatic heterocycles. The number of fused-ring (bicyclic) bond motifs is 3. The molecule has 2 aromatic carbocycles. The molecule has 2 aromatic rings. The third-order valence-electron chi connectivity index (χ3n) is 7.90. The second-order valence-electron chi connectivity index (χ2n) is 10.6. The Bertz CT molecular complexity index is 1080. The molecule has 0 radical (unpaired) electrons. The standard InChI is InChI=1S/C31H44N2O6/c1-4-36-23(2)21-35-22-24-6-8-27-25(18-24)10-16-38-31(27)11-12-32-20-30(31)39-26-7-9-29-28(19-26)33(14-17-37-29)13-5-15-34-3/h6-9,18-19,23,30,32H,4-5,10-17,20-22H2,1-3H3/t23-,30+,31+/m1/s1. The second kappa shape index (κ2) is 13.3. The van der Waals surface area contributed by atoms with Gasteiger partial charge < -0.3 is 38.6 Å². The molecular formula is C31H44N2O6. The van der Waals surface area contributed by atoms with E-state index >= 15 is 0 Å². The van der Waals surface area contributed by atoms with Crippen molar-refractivity contribution in [3.8, 4) is 11.5 Å². The van der Waals surface area contributed by atoms with E-state index in [1.165, 1.54) is 16.7 Å². The van der Waals surface area contributed by atoms with Crippen molar-refractivity contribution < 1.29 is 28.4 Å². The van der Waals surface area contributed by atoms with Gasteiger partial charge in [-0.3, -0.25) is 0 Å². The molecule has 1 N–H and O–H groups in total. The zero-order valence-electron chi connectivity index (χ0n) is 23.7. The van der Waals surface area contributed by atoms with Crippen LogP contribution in [0.25, 0.3) is 0 Å². The lowest BCUT2D eigenvalue weighted by atomic mass is 9.77. The van der Waals surface area contributed by atoms with Crippen molar-refractivity contribution in [1.29, 1.82) is 0 Å². The summed E-state index contributed by atoms with van der Waals surface area (Å²) in [5.74, 6) is 1.75. The van der Waals surface area contributed by atoms with Crippen molar-refractivity contribution in [3.63, 3.8) is 0 Å². The van der Waals surface area contributed by atoms with E-state index in [-0.39, 0.29) is 12.2 Å². The van der Waals surface area contributed by atoms with Crippen LogP contribution >= 0.6 is 0 Å². The van der Waals surface area contributed by atoms with Crippen LogP contribution in [-0.4, -0.2) is 78.5 Å². The Kier molecular flexibility index (Phi) is 9.63. The highest BCUT2D eigenvalue weighted by Gasteiger charge is 2.48. The van der Waals surface area contributed by atoms with E-state index < -0.39 is 5.60 Å². The number of piperidine rings is 1. The van der Waals surface area contributed by atoms with E-state index in [0.29, 0.717) is 33.0 Å². The minimum absolute atomic E-state index is 0.101. The van der Waals surface area contributed by atoms with Gasteiger partial charge >= 0.3 is 0 Å². The number of nitrogens with zero attached hydrogens (tertiary/aromatic N) is 1. The molecule has 0 unspecified atom stereocenters. The zero-order chi connectivity index (χ0) is 27.1. The summed E-state index contributed by atoms with van der Waals surface area (Å²) in [6, 6.07) is 12.9. The summed E-state index contributed by atoms with van der Waals surface area (Å²) in [5, 5.41) is 3.54. The lowest BCUT2D eigenvalue weighted by Gasteiger charge is -2.47. The van der Waals surface area contributed by atoms with E-state index in [1.807, 2.05) is 26.0 Å². The molecule has 1 fully saturated rings. The summed E-state index contributed by atoms with van der Waals surface area (Å²) in [7, 11) is 1.75. The molecule has 3 aliphatic rings. The average Bonchev–Trinajstić information content (AvgIpc) is 2.95. The fourth-order valence-corrected chi connectivity index (χ4v) is 6.02. The van der Waals surface area contributed by atoms with Gasteiger partial charge in [0.25, 0.3) is 0 Å². The summed E-state index contributed by atoms with van der Waals surface area (Å²) in [4.78, 5) is 2.37. The SMILES string of the molecule is CCO[C@H](C)COCc1ccc2c(c1)CCO[C@@]21CCNC[C@@H]1Oc1ccc2c(c1)N(CCCOC)CCO2. The van der Waals surface area contributed by atoms with Gasteiger partial charge in [-0.1, -0.05) is 18.2 Å².